The molecule has 0 bridgehead atoms. The van der Waals surface area contributed by atoms with E-state index in [4.69, 9.17) is 43.3 Å². The van der Waals surface area contributed by atoms with Gasteiger partial charge in [-0.05, 0) is 101 Å². The molecule has 4 aromatic heterocycles. The minimum atomic E-state index is -0.928. The van der Waals surface area contributed by atoms with Crippen LogP contribution in [0, 0.1) is 0 Å². The summed E-state index contributed by atoms with van der Waals surface area (Å²) in [6.45, 7) is 3.58. The molecule has 13 nitrogen and oxygen atoms in total. The average Bonchev–Trinajstić information content (AvgIpc) is 4.18. The van der Waals surface area contributed by atoms with Gasteiger partial charge in [0.15, 0.2) is 22.7 Å². The predicted molar refractivity (Wildman–Crippen MR) is 254 cm³/mol. The van der Waals surface area contributed by atoms with Gasteiger partial charge in [-0.1, -0.05) is 60.7 Å². The molecule has 340 valence electrons. The van der Waals surface area contributed by atoms with E-state index in [-0.39, 0.29) is 49.8 Å². The van der Waals surface area contributed by atoms with E-state index in [1.165, 1.54) is 0 Å². The fourth-order valence-corrected chi connectivity index (χ4v) is 8.15. The number of esters is 1. The monoisotopic (exact) mass is 906 g/mol. The van der Waals surface area contributed by atoms with E-state index in [1.807, 2.05) is 97.1 Å². The number of furan rings is 4. The number of hydrogen-bond acceptors (Lipinski definition) is 12. The third kappa shape index (κ3) is 10.5. The topological polar surface area (TPSA) is 217 Å². The van der Waals surface area contributed by atoms with Crippen LogP contribution >= 0.6 is 0 Å². The number of carbonyl (C=O) groups is 2. The summed E-state index contributed by atoms with van der Waals surface area (Å²) in [5.74, 6) is -0.230. The molecule has 14 heteroatoms. The Morgan fingerprint density at radius 2 is 0.971 bits per heavy atom. The molecule has 0 atom stereocenters. The van der Waals surface area contributed by atoms with Crippen LogP contribution in [-0.2, 0) is 53.5 Å². The van der Waals surface area contributed by atoms with Crippen molar-refractivity contribution in [3.8, 4) is 33.8 Å². The molecule has 10 aromatic rings. The van der Waals surface area contributed by atoms with E-state index in [1.54, 1.807) is 38.0 Å². The molecule has 4 heterocycles. The van der Waals surface area contributed by atoms with E-state index in [9.17, 15) is 14.7 Å². The third-order valence-corrected chi connectivity index (χ3v) is 11.2. The minimum absolute atomic E-state index is 0. The van der Waals surface area contributed by atoms with Gasteiger partial charge in [0.25, 0.3) is 0 Å². The molecular weight excluding hydrogens is 860 g/mol. The first-order valence-corrected chi connectivity index (χ1v) is 21.5. The molecule has 0 aliphatic heterocycles. The van der Waals surface area contributed by atoms with Crippen molar-refractivity contribution in [3.63, 3.8) is 0 Å². The molecule has 68 heavy (non-hydrogen) atoms. The van der Waals surface area contributed by atoms with Gasteiger partial charge in [-0.2, -0.15) is 0 Å². The maximum Gasteiger partial charge on any atom is 1.00 e. The molecule has 0 amide bonds. The Balaban J connectivity index is 0.000000196. The van der Waals surface area contributed by atoms with Gasteiger partial charge < -0.3 is 53.9 Å². The Bertz CT molecular complexity index is 3340. The standard InChI is InChI=1S/C28H25NO5.C26H21NO5.Li.H2O/c1-2-31-25(30)15-22-7-6-20-8-10-33-27(20)28(22)34-17-19-13-23-9-11-32-26(23)24(14-19)21-5-3-4-18(12-21)16-29;27-14-16-2-1-3-19(10-16)22-12-17(11-21-7-9-30-24(21)22)15-32-26-20(13-23(28)29)5-4-18-6-8-31-25(18)26;;/h3-14H,2,15-17,29H2,1H3;1-12H,13-15,27H2,(H,28,29);;1H2/q;;+1;/p-1. The van der Waals surface area contributed by atoms with Crippen molar-refractivity contribution in [2.45, 2.75) is 46.1 Å². The van der Waals surface area contributed by atoms with Crippen molar-refractivity contribution < 1.29 is 70.9 Å². The SMILES string of the molecule is CCOC(=O)Cc1ccc2ccoc2c1OCc1cc(-c2cccc(CN)c2)c2occc2c1.NCc1cccc(-c2cc(COc3c(CC(=O)O)ccc4ccoc34)cc3ccoc23)c1.[Li+].[OH-]. The fourth-order valence-electron chi connectivity index (χ4n) is 8.15. The maximum atomic E-state index is 12.2. The summed E-state index contributed by atoms with van der Waals surface area (Å²) in [5, 5.41) is 13.0. The summed E-state index contributed by atoms with van der Waals surface area (Å²) in [7, 11) is 0. The van der Waals surface area contributed by atoms with Gasteiger partial charge in [0.05, 0.1) is 44.5 Å². The molecule has 0 spiro atoms. The molecule has 0 aliphatic carbocycles. The van der Waals surface area contributed by atoms with Crippen LogP contribution in [0.3, 0.4) is 0 Å². The summed E-state index contributed by atoms with van der Waals surface area (Å²) >= 11 is 0. The van der Waals surface area contributed by atoms with E-state index in [0.29, 0.717) is 54.5 Å². The zero-order valence-electron chi connectivity index (χ0n) is 37.5. The molecule has 0 unspecified atom stereocenters. The Labute approximate surface area is 402 Å². The molecule has 0 radical (unpaired) electrons. The first-order valence-electron chi connectivity index (χ1n) is 21.5. The van der Waals surface area contributed by atoms with Gasteiger partial charge in [-0.3, -0.25) is 9.59 Å². The molecule has 10 rings (SSSR count). The Morgan fingerprint density at radius 3 is 1.41 bits per heavy atom. The van der Waals surface area contributed by atoms with Crippen LogP contribution in [0.2, 0.25) is 0 Å². The summed E-state index contributed by atoms with van der Waals surface area (Å²) < 4.78 is 40.4. The van der Waals surface area contributed by atoms with E-state index < -0.39 is 5.97 Å². The van der Waals surface area contributed by atoms with Gasteiger partial charge in [0.2, 0.25) is 0 Å². The van der Waals surface area contributed by atoms with Crippen molar-refractivity contribution in [1.82, 2.24) is 0 Å². The second kappa shape index (κ2) is 21.9. The minimum Gasteiger partial charge on any atom is -0.870 e. The quantitative estimate of drug-likeness (QED) is 0.0652. The summed E-state index contributed by atoms with van der Waals surface area (Å²) in [6.07, 6.45) is 6.50. The largest absolute Gasteiger partial charge is 1.00 e. The third-order valence-electron chi connectivity index (χ3n) is 11.2. The fraction of sp³-hybridized carbons (Fsp3) is 0.148. The molecule has 6 N–H and O–H groups in total. The summed E-state index contributed by atoms with van der Waals surface area (Å²) in [6, 6.07) is 39.3. The molecule has 0 fully saturated rings. The number of carboxylic acid groups (broad SMARTS) is 1. The van der Waals surface area contributed by atoms with Crippen LogP contribution < -0.4 is 39.8 Å². The number of carbonyl (C=O) groups excluding carboxylic acids is 1. The van der Waals surface area contributed by atoms with E-state index in [2.05, 4.69) is 18.2 Å². The number of aliphatic carboxylic acids is 1. The van der Waals surface area contributed by atoms with E-state index >= 15 is 0 Å². The van der Waals surface area contributed by atoms with Gasteiger partial charge in [-0.15, -0.1) is 0 Å². The summed E-state index contributed by atoms with van der Waals surface area (Å²) in [5.41, 5.74) is 23.7. The Morgan fingerprint density at radius 1 is 0.529 bits per heavy atom. The smallest absolute Gasteiger partial charge is 0.870 e. The Kier molecular flexibility index (Phi) is 15.6. The normalized spacial score (nSPS) is 10.9. The maximum absolute atomic E-state index is 12.2. The van der Waals surface area contributed by atoms with Crippen LogP contribution in [0.25, 0.3) is 66.1 Å². The molecule has 0 saturated carbocycles. The predicted octanol–water partition coefficient (Wildman–Crippen LogP) is 8.33. The number of fused-ring (bicyclic) bond motifs is 4. The van der Waals surface area contributed by atoms with Gasteiger partial charge >= 0.3 is 30.8 Å². The van der Waals surface area contributed by atoms with Gasteiger partial charge in [0.1, 0.15) is 24.4 Å². The Hall–Kier alpha value is -7.50. The van der Waals surface area contributed by atoms with Crippen molar-refractivity contribution in [2.75, 3.05) is 6.61 Å². The number of nitrogens with two attached hydrogens (primary N) is 2. The number of carboxylic acids is 1. The van der Waals surface area contributed by atoms with Crippen molar-refractivity contribution in [3.05, 3.63) is 180 Å². The zero-order valence-corrected chi connectivity index (χ0v) is 37.5. The molecular formula is C54H47LiN2O11. The van der Waals surface area contributed by atoms with E-state index in [0.717, 1.165) is 82.8 Å². The molecule has 0 saturated heterocycles. The zero-order chi connectivity index (χ0) is 45.6. The number of rotatable bonds is 15. The van der Waals surface area contributed by atoms with Crippen LogP contribution in [-0.4, -0.2) is 29.1 Å². The van der Waals surface area contributed by atoms with Gasteiger partial charge in [0, 0.05) is 56.9 Å². The average molecular weight is 907 g/mol. The number of ether oxygens (including phenoxy) is 3. The van der Waals surface area contributed by atoms with Crippen LogP contribution in [0.5, 0.6) is 11.5 Å². The molecule has 0 aliphatic rings. The van der Waals surface area contributed by atoms with Crippen LogP contribution in [0.15, 0.2) is 164 Å². The summed E-state index contributed by atoms with van der Waals surface area (Å²) in [4.78, 5) is 23.5. The number of hydrogen-bond donors (Lipinski definition) is 3. The number of benzene rings is 6. The van der Waals surface area contributed by atoms with Crippen LogP contribution in [0.4, 0.5) is 0 Å². The molecule has 6 aromatic carbocycles. The van der Waals surface area contributed by atoms with Crippen molar-refractivity contribution >= 4 is 55.8 Å². The first kappa shape index (κ1) is 48.4. The van der Waals surface area contributed by atoms with Gasteiger partial charge in [-0.25, -0.2) is 0 Å². The van der Waals surface area contributed by atoms with Crippen molar-refractivity contribution in [1.29, 1.82) is 0 Å². The second-order valence-electron chi connectivity index (χ2n) is 15.7. The van der Waals surface area contributed by atoms with Crippen molar-refractivity contribution in [2.24, 2.45) is 11.5 Å². The van der Waals surface area contributed by atoms with Crippen LogP contribution in [0.1, 0.15) is 40.3 Å². The second-order valence-corrected chi connectivity index (χ2v) is 15.7. The first-order chi connectivity index (χ1) is 32.3.